The Bertz CT molecular complexity index is 1130. The van der Waals surface area contributed by atoms with E-state index >= 15 is 0 Å². The summed E-state index contributed by atoms with van der Waals surface area (Å²) in [5.74, 6) is 0.929. The number of ether oxygens (including phenoxy) is 1. The Balaban J connectivity index is 1.50. The van der Waals surface area contributed by atoms with E-state index in [-0.39, 0.29) is 11.6 Å². The maximum atomic E-state index is 13.2. The highest BCUT2D eigenvalue weighted by atomic mass is 19.4. The fraction of sp³-hybridized carbons (Fsp3) is 0.500. The van der Waals surface area contributed by atoms with E-state index in [2.05, 4.69) is 28.1 Å². The Hall–Kier alpha value is -2.77. The van der Waals surface area contributed by atoms with Crippen LogP contribution in [-0.2, 0) is 10.3 Å². The molecule has 32 heavy (non-hydrogen) atoms. The van der Waals surface area contributed by atoms with E-state index in [9.17, 15) is 13.2 Å². The number of fused-ring (bicyclic) bond motifs is 2. The van der Waals surface area contributed by atoms with Crippen molar-refractivity contribution < 1.29 is 17.9 Å². The van der Waals surface area contributed by atoms with Gasteiger partial charge >= 0.3 is 6.18 Å². The van der Waals surface area contributed by atoms with Gasteiger partial charge in [-0.3, -0.25) is 4.68 Å². The largest absolute Gasteiger partial charge is 0.465 e. The molecule has 5 nitrogen and oxygen atoms in total. The van der Waals surface area contributed by atoms with Crippen LogP contribution in [0.5, 0.6) is 0 Å². The average Bonchev–Trinajstić information content (AvgIpc) is 3.15. The predicted octanol–water partition coefficient (Wildman–Crippen LogP) is 6.06. The first-order chi connectivity index (χ1) is 15.1. The third-order valence-corrected chi connectivity index (χ3v) is 6.68. The van der Waals surface area contributed by atoms with Gasteiger partial charge in [-0.25, -0.2) is 4.99 Å². The van der Waals surface area contributed by atoms with Gasteiger partial charge in [0.1, 0.15) is 11.6 Å². The van der Waals surface area contributed by atoms with Gasteiger partial charge in [0.15, 0.2) is 0 Å². The van der Waals surface area contributed by atoms with Crippen LogP contribution < -0.4 is 5.32 Å². The van der Waals surface area contributed by atoms with Gasteiger partial charge in [0.25, 0.3) is 0 Å². The number of alkyl halides is 3. The van der Waals surface area contributed by atoms with Crippen molar-refractivity contribution in [3.8, 4) is 0 Å². The second-order valence-corrected chi connectivity index (χ2v) is 9.61. The number of rotatable bonds is 2. The van der Waals surface area contributed by atoms with E-state index in [1.165, 1.54) is 18.9 Å². The Morgan fingerprint density at radius 3 is 2.62 bits per heavy atom. The van der Waals surface area contributed by atoms with Crippen LogP contribution in [0.15, 0.2) is 47.2 Å². The summed E-state index contributed by atoms with van der Waals surface area (Å²) in [6.45, 7) is 6.09. The first kappa shape index (κ1) is 21.1. The van der Waals surface area contributed by atoms with Crippen molar-refractivity contribution in [3.63, 3.8) is 0 Å². The molecule has 170 valence electrons. The Labute approximate surface area is 185 Å². The smallest absolute Gasteiger partial charge is 0.412 e. The number of allylic oxidation sites excluding steroid dienone is 2. The van der Waals surface area contributed by atoms with Gasteiger partial charge in [-0.2, -0.15) is 18.3 Å². The molecule has 1 aromatic heterocycles. The van der Waals surface area contributed by atoms with E-state index in [4.69, 9.17) is 9.84 Å². The molecule has 2 aliphatic heterocycles. The van der Waals surface area contributed by atoms with Gasteiger partial charge in [-0.15, -0.1) is 0 Å². The molecule has 0 saturated heterocycles. The molecule has 3 aliphatic rings. The van der Waals surface area contributed by atoms with Gasteiger partial charge in [-0.05, 0) is 63.7 Å². The molecule has 1 N–H and O–H groups in total. The molecule has 1 unspecified atom stereocenters. The zero-order valence-electron chi connectivity index (χ0n) is 18.4. The maximum absolute atomic E-state index is 13.2. The quantitative estimate of drug-likeness (QED) is 0.613. The van der Waals surface area contributed by atoms with Gasteiger partial charge in [-0.1, -0.05) is 19.1 Å². The summed E-state index contributed by atoms with van der Waals surface area (Å²) in [6.07, 6.45) is 6.36. The summed E-state index contributed by atoms with van der Waals surface area (Å²) in [5.41, 5.74) is 1.91. The Kier molecular flexibility index (Phi) is 4.87. The number of nitrogens with one attached hydrogen (secondary N) is 1. The number of aromatic nitrogens is 2. The minimum atomic E-state index is -4.39. The van der Waals surface area contributed by atoms with E-state index in [0.717, 1.165) is 41.3 Å². The van der Waals surface area contributed by atoms with Crippen LogP contribution in [0.3, 0.4) is 0 Å². The van der Waals surface area contributed by atoms with Gasteiger partial charge in [0, 0.05) is 17.1 Å². The highest BCUT2D eigenvalue weighted by molar-refractivity contribution is 5.98. The lowest BCUT2D eigenvalue weighted by molar-refractivity contribution is -0.142. The highest BCUT2D eigenvalue weighted by Crippen LogP contribution is 2.41. The molecule has 0 amide bonds. The highest BCUT2D eigenvalue weighted by Gasteiger charge is 2.41. The lowest BCUT2D eigenvalue weighted by atomic mass is 9.87. The summed E-state index contributed by atoms with van der Waals surface area (Å²) in [6, 6.07) is 2.59. The van der Waals surface area contributed by atoms with Gasteiger partial charge in [0.2, 0.25) is 5.90 Å². The molecule has 5 rings (SSSR count). The summed E-state index contributed by atoms with van der Waals surface area (Å²) in [4.78, 5) is 4.59. The number of hydrogen-bond donors (Lipinski definition) is 1. The second kappa shape index (κ2) is 7.39. The number of halogens is 3. The molecule has 0 bridgehead atoms. The van der Waals surface area contributed by atoms with Crippen LogP contribution in [0.4, 0.5) is 18.9 Å². The molecular formula is C24H27F3N4O. The minimum absolute atomic E-state index is 0.161. The van der Waals surface area contributed by atoms with Gasteiger partial charge in [0.05, 0.1) is 22.9 Å². The van der Waals surface area contributed by atoms with E-state index < -0.39 is 17.8 Å². The maximum Gasteiger partial charge on any atom is 0.412 e. The van der Waals surface area contributed by atoms with E-state index in [1.54, 1.807) is 6.08 Å². The molecule has 1 aromatic carbocycles. The zero-order valence-corrected chi connectivity index (χ0v) is 18.4. The van der Waals surface area contributed by atoms with Crippen molar-refractivity contribution in [1.82, 2.24) is 15.1 Å². The molecule has 1 saturated carbocycles. The van der Waals surface area contributed by atoms with Crippen molar-refractivity contribution >= 4 is 22.5 Å². The number of aliphatic imine (C=N–C) groups is 1. The van der Waals surface area contributed by atoms with Crippen molar-refractivity contribution in [1.29, 1.82) is 0 Å². The molecule has 1 fully saturated rings. The predicted molar refractivity (Wildman–Crippen MR) is 118 cm³/mol. The van der Waals surface area contributed by atoms with Crippen molar-refractivity contribution in [2.75, 3.05) is 0 Å². The van der Waals surface area contributed by atoms with Crippen LogP contribution in [0.25, 0.3) is 10.9 Å². The standard InChI is InChI=1S/C24H27F3N4O/c1-14-7-9-16(10-8-14)31-13-15-11-20-17(12-19(15)30-31)23(2,3)32-22(29-20)18-5-4-6-21(28-18)24(25,26)27/h4-6,11-14,16,21,28H,7-10H2,1-3H3. The topological polar surface area (TPSA) is 51.4 Å². The summed E-state index contributed by atoms with van der Waals surface area (Å²) in [5, 5.41) is 8.31. The molecule has 0 radical (unpaired) electrons. The second-order valence-electron chi connectivity index (χ2n) is 9.61. The first-order valence-corrected chi connectivity index (χ1v) is 11.1. The van der Waals surface area contributed by atoms with Crippen LogP contribution in [0, 0.1) is 5.92 Å². The monoisotopic (exact) mass is 444 g/mol. The number of hydrogen-bond acceptors (Lipinski definition) is 4. The third-order valence-electron chi connectivity index (χ3n) is 6.68. The number of benzene rings is 1. The zero-order chi connectivity index (χ0) is 22.7. The molecule has 8 heteroatoms. The molecular weight excluding hydrogens is 417 g/mol. The van der Waals surface area contributed by atoms with Gasteiger partial charge < -0.3 is 10.1 Å². The Morgan fingerprint density at radius 2 is 1.91 bits per heavy atom. The SMILES string of the molecule is CC1CCC(n2cc3cc4c(cc3n2)C(C)(C)OC(C2=CC=CC(C(F)(F)F)N2)=N4)CC1. The van der Waals surface area contributed by atoms with Crippen LogP contribution in [0.2, 0.25) is 0 Å². The van der Waals surface area contributed by atoms with E-state index in [0.29, 0.717) is 11.7 Å². The Morgan fingerprint density at radius 1 is 1.16 bits per heavy atom. The average molecular weight is 445 g/mol. The molecule has 2 aromatic rings. The summed E-state index contributed by atoms with van der Waals surface area (Å²) < 4.78 is 47.7. The van der Waals surface area contributed by atoms with Crippen molar-refractivity contribution in [2.45, 2.75) is 70.3 Å². The third kappa shape index (κ3) is 3.80. The van der Waals surface area contributed by atoms with Crippen molar-refractivity contribution in [2.24, 2.45) is 10.9 Å². The lowest BCUT2D eigenvalue weighted by Gasteiger charge is -2.34. The fourth-order valence-electron chi connectivity index (χ4n) is 4.74. The number of nitrogens with zero attached hydrogens (tertiary/aromatic N) is 3. The summed E-state index contributed by atoms with van der Waals surface area (Å²) in [7, 11) is 0. The van der Waals surface area contributed by atoms with Crippen molar-refractivity contribution in [3.05, 3.63) is 47.8 Å². The van der Waals surface area contributed by atoms with Crippen LogP contribution >= 0.6 is 0 Å². The minimum Gasteiger partial charge on any atom is -0.465 e. The molecule has 3 heterocycles. The molecule has 1 atom stereocenters. The van der Waals surface area contributed by atoms with E-state index in [1.807, 2.05) is 26.0 Å². The normalized spacial score (nSPS) is 27.2. The molecule has 0 spiro atoms. The summed E-state index contributed by atoms with van der Waals surface area (Å²) >= 11 is 0. The van der Waals surface area contributed by atoms with Crippen LogP contribution in [-0.4, -0.2) is 27.9 Å². The lowest BCUT2D eigenvalue weighted by Crippen LogP contribution is -2.44. The van der Waals surface area contributed by atoms with Crippen LogP contribution in [0.1, 0.15) is 58.1 Å². The first-order valence-electron chi connectivity index (χ1n) is 11.1. The number of dihydropyridines is 1. The molecule has 1 aliphatic carbocycles. The fourth-order valence-corrected chi connectivity index (χ4v) is 4.74.